The number of anilines is 3. The molecule has 3 aromatic rings. The van der Waals surface area contributed by atoms with Crippen molar-refractivity contribution in [2.75, 3.05) is 4.90 Å². The van der Waals surface area contributed by atoms with Crippen LogP contribution in [0.15, 0.2) is 78.9 Å². The van der Waals surface area contributed by atoms with E-state index in [4.69, 9.17) is 0 Å². The Morgan fingerprint density at radius 1 is 0.524 bits per heavy atom. The number of aryl methyl sites for hydroxylation is 2. The summed E-state index contributed by atoms with van der Waals surface area (Å²) < 4.78 is 0. The Labute approximate surface area is 126 Å². The molecule has 0 fully saturated rings. The Morgan fingerprint density at radius 2 is 1.14 bits per heavy atom. The third-order valence-corrected chi connectivity index (χ3v) is 3.57. The first kappa shape index (κ1) is 13.4. The summed E-state index contributed by atoms with van der Waals surface area (Å²) in [6.07, 6.45) is 0. The second-order valence-electron chi connectivity index (χ2n) is 5.35. The SMILES string of the molecule is Cc1ccc(N(c2ccccc2)c2cccc(C)c2)cc1. The van der Waals surface area contributed by atoms with E-state index in [-0.39, 0.29) is 0 Å². The molecule has 0 aliphatic rings. The highest BCUT2D eigenvalue weighted by molar-refractivity contribution is 5.76. The topological polar surface area (TPSA) is 3.24 Å². The number of nitrogens with zero attached hydrogens (tertiary/aromatic N) is 1. The number of hydrogen-bond acceptors (Lipinski definition) is 1. The lowest BCUT2D eigenvalue weighted by Gasteiger charge is -2.25. The Kier molecular flexibility index (Phi) is 3.74. The van der Waals surface area contributed by atoms with E-state index in [1.54, 1.807) is 0 Å². The molecule has 0 N–H and O–H groups in total. The van der Waals surface area contributed by atoms with Crippen molar-refractivity contribution in [1.29, 1.82) is 0 Å². The summed E-state index contributed by atoms with van der Waals surface area (Å²) in [6.45, 7) is 4.24. The highest BCUT2D eigenvalue weighted by Crippen LogP contribution is 2.34. The zero-order valence-corrected chi connectivity index (χ0v) is 12.5. The summed E-state index contributed by atoms with van der Waals surface area (Å²) in [5, 5.41) is 0. The molecule has 0 atom stereocenters. The molecule has 0 spiro atoms. The summed E-state index contributed by atoms with van der Waals surface area (Å²) in [4.78, 5) is 2.28. The number of para-hydroxylation sites is 1. The summed E-state index contributed by atoms with van der Waals surface area (Å²) in [7, 11) is 0. The Balaban J connectivity index is 2.13. The molecule has 0 aliphatic carbocycles. The van der Waals surface area contributed by atoms with Crippen molar-refractivity contribution in [2.45, 2.75) is 13.8 Å². The number of rotatable bonds is 3. The maximum absolute atomic E-state index is 2.28. The van der Waals surface area contributed by atoms with Crippen molar-refractivity contribution in [2.24, 2.45) is 0 Å². The fraction of sp³-hybridized carbons (Fsp3) is 0.100. The normalized spacial score (nSPS) is 10.4. The van der Waals surface area contributed by atoms with Gasteiger partial charge in [-0.05, 0) is 55.8 Å². The zero-order chi connectivity index (χ0) is 14.7. The standard InChI is InChI=1S/C20H19N/c1-16-11-13-19(14-12-16)21(18-8-4-3-5-9-18)20-10-6-7-17(2)15-20/h3-15H,1-2H3. The maximum atomic E-state index is 2.28. The van der Waals surface area contributed by atoms with E-state index in [1.165, 1.54) is 28.2 Å². The lowest BCUT2D eigenvalue weighted by atomic mass is 10.1. The first-order chi connectivity index (χ1) is 10.2. The Hall–Kier alpha value is -2.54. The molecular formula is C20H19N. The van der Waals surface area contributed by atoms with Crippen LogP contribution in [0.4, 0.5) is 17.1 Å². The zero-order valence-electron chi connectivity index (χ0n) is 12.5. The van der Waals surface area contributed by atoms with Crippen LogP contribution in [0.25, 0.3) is 0 Å². The maximum Gasteiger partial charge on any atom is 0.0464 e. The molecule has 0 aromatic heterocycles. The van der Waals surface area contributed by atoms with Gasteiger partial charge in [0.1, 0.15) is 0 Å². The van der Waals surface area contributed by atoms with Crippen molar-refractivity contribution in [3.63, 3.8) is 0 Å². The second kappa shape index (κ2) is 5.84. The van der Waals surface area contributed by atoms with Gasteiger partial charge in [-0.25, -0.2) is 0 Å². The molecule has 0 heterocycles. The number of benzene rings is 3. The summed E-state index contributed by atoms with van der Waals surface area (Å²) >= 11 is 0. The summed E-state index contributed by atoms with van der Waals surface area (Å²) in [6, 6.07) is 27.7. The van der Waals surface area contributed by atoms with Gasteiger partial charge in [0.25, 0.3) is 0 Å². The second-order valence-corrected chi connectivity index (χ2v) is 5.35. The molecule has 1 heteroatoms. The molecule has 0 bridgehead atoms. The molecular weight excluding hydrogens is 254 g/mol. The average Bonchev–Trinajstić information content (AvgIpc) is 2.51. The van der Waals surface area contributed by atoms with Crippen LogP contribution in [0.2, 0.25) is 0 Å². The van der Waals surface area contributed by atoms with Crippen LogP contribution in [-0.4, -0.2) is 0 Å². The van der Waals surface area contributed by atoms with Crippen LogP contribution in [0.3, 0.4) is 0 Å². The van der Waals surface area contributed by atoms with Gasteiger partial charge in [0, 0.05) is 17.1 Å². The van der Waals surface area contributed by atoms with Gasteiger partial charge in [0.15, 0.2) is 0 Å². The largest absolute Gasteiger partial charge is 0.310 e. The van der Waals surface area contributed by atoms with E-state index < -0.39 is 0 Å². The van der Waals surface area contributed by atoms with Crippen LogP contribution < -0.4 is 4.90 Å². The van der Waals surface area contributed by atoms with Crippen molar-refractivity contribution < 1.29 is 0 Å². The fourth-order valence-corrected chi connectivity index (χ4v) is 2.49. The highest BCUT2D eigenvalue weighted by atomic mass is 15.1. The van der Waals surface area contributed by atoms with Gasteiger partial charge in [-0.3, -0.25) is 0 Å². The first-order valence-corrected chi connectivity index (χ1v) is 7.22. The Morgan fingerprint density at radius 3 is 1.81 bits per heavy atom. The first-order valence-electron chi connectivity index (χ1n) is 7.22. The van der Waals surface area contributed by atoms with E-state index >= 15 is 0 Å². The van der Waals surface area contributed by atoms with E-state index in [0.29, 0.717) is 0 Å². The minimum atomic E-state index is 1.17. The predicted molar refractivity (Wildman–Crippen MR) is 90.6 cm³/mol. The average molecular weight is 273 g/mol. The summed E-state index contributed by atoms with van der Waals surface area (Å²) in [5.41, 5.74) is 6.07. The van der Waals surface area contributed by atoms with Gasteiger partial charge in [-0.15, -0.1) is 0 Å². The van der Waals surface area contributed by atoms with Gasteiger partial charge in [-0.1, -0.05) is 48.0 Å². The van der Waals surface area contributed by atoms with Crippen molar-refractivity contribution in [1.82, 2.24) is 0 Å². The molecule has 0 saturated heterocycles. The van der Waals surface area contributed by atoms with Crippen LogP contribution in [0.5, 0.6) is 0 Å². The fourth-order valence-electron chi connectivity index (χ4n) is 2.49. The van der Waals surface area contributed by atoms with E-state index in [0.717, 1.165) is 0 Å². The lowest BCUT2D eigenvalue weighted by molar-refractivity contribution is 1.26. The third-order valence-electron chi connectivity index (χ3n) is 3.57. The van der Waals surface area contributed by atoms with E-state index in [1.807, 2.05) is 6.07 Å². The molecule has 0 amide bonds. The molecule has 0 aliphatic heterocycles. The van der Waals surface area contributed by atoms with Gasteiger partial charge >= 0.3 is 0 Å². The van der Waals surface area contributed by atoms with Crippen LogP contribution >= 0.6 is 0 Å². The Bertz CT molecular complexity index is 714. The molecule has 3 aromatic carbocycles. The molecule has 0 saturated carbocycles. The van der Waals surface area contributed by atoms with Gasteiger partial charge in [-0.2, -0.15) is 0 Å². The third kappa shape index (κ3) is 2.97. The van der Waals surface area contributed by atoms with Gasteiger partial charge in [0.05, 0.1) is 0 Å². The van der Waals surface area contributed by atoms with E-state index in [2.05, 4.69) is 91.5 Å². The van der Waals surface area contributed by atoms with Crippen molar-refractivity contribution >= 4 is 17.1 Å². The summed E-state index contributed by atoms with van der Waals surface area (Å²) in [5.74, 6) is 0. The molecule has 0 radical (unpaired) electrons. The smallest absolute Gasteiger partial charge is 0.0464 e. The van der Waals surface area contributed by atoms with Crippen molar-refractivity contribution in [3.05, 3.63) is 90.0 Å². The van der Waals surface area contributed by atoms with Crippen LogP contribution in [-0.2, 0) is 0 Å². The van der Waals surface area contributed by atoms with Gasteiger partial charge in [0.2, 0.25) is 0 Å². The minimum absolute atomic E-state index is 1.17. The van der Waals surface area contributed by atoms with E-state index in [9.17, 15) is 0 Å². The lowest BCUT2D eigenvalue weighted by Crippen LogP contribution is -2.09. The molecule has 1 nitrogen and oxygen atoms in total. The van der Waals surface area contributed by atoms with Gasteiger partial charge < -0.3 is 4.90 Å². The van der Waals surface area contributed by atoms with Crippen LogP contribution in [0, 0.1) is 13.8 Å². The quantitative estimate of drug-likeness (QED) is 0.585. The van der Waals surface area contributed by atoms with Crippen LogP contribution in [0.1, 0.15) is 11.1 Å². The molecule has 0 unspecified atom stereocenters. The molecule has 21 heavy (non-hydrogen) atoms. The number of hydrogen-bond donors (Lipinski definition) is 0. The van der Waals surface area contributed by atoms with Crippen molar-refractivity contribution in [3.8, 4) is 0 Å². The highest BCUT2D eigenvalue weighted by Gasteiger charge is 2.11. The molecule has 3 rings (SSSR count). The monoisotopic (exact) mass is 273 g/mol. The predicted octanol–water partition coefficient (Wildman–Crippen LogP) is 5.77. The minimum Gasteiger partial charge on any atom is -0.310 e. The molecule has 104 valence electrons.